The second kappa shape index (κ2) is 6.67. The molecule has 0 atom stereocenters. The van der Waals surface area contributed by atoms with E-state index in [4.69, 9.17) is 0 Å². The summed E-state index contributed by atoms with van der Waals surface area (Å²) >= 11 is 0. The molecule has 1 aromatic rings. The zero-order chi connectivity index (χ0) is 14.5. The lowest BCUT2D eigenvalue weighted by Gasteiger charge is -2.24. The standard InChI is InChI=1S/C14H23N5O/c1-17(2)6-4-5-14(20)15-9-12-10-16-19-8-7-18(3)11-13(12)19/h4-5,10H,6-9,11H2,1-3H3,(H,15,20)/b5-4+. The monoisotopic (exact) mass is 277 g/mol. The summed E-state index contributed by atoms with van der Waals surface area (Å²) in [6, 6.07) is 0. The van der Waals surface area contributed by atoms with Crippen molar-refractivity contribution in [1.29, 1.82) is 0 Å². The number of carbonyl (C=O) groups is 1. The van der Waals surface area contributed by atoms with Crippen LogP contribution in [0.2, 0.25) is 0 Å². The Labute approximate surface area is 120 Å². The van der Waals surface area contributed by atoms with Crippen molar-refractivity contribution in [2.75, 3.05) is 34.2 Å². The van der Waals surface area contributed by atoms with E-state index in [2.05, 4.69) is 22.4 Å². The molecule has 6 heteroatoms. The highest BCUT2D eigenvalue weighted by atomic mass is 16.1. The fourth-order valence-corrected chi connectivity index (χ4v) is 2.18. The van der Waals surface area contributed by atoms with Crippen LogP contribution >= 0.6 is 0 Å². The summed E-state index contributed by atoms with van der Waals surface area (Å²) in [5.41, 5.74) is 2.31. The predicted molar refractivity (Wildman–Crippen MR) is 78.1 cm³/mol. The van der Waals surface area contributed by atoms with E-state index < -0.39 is 0 Å². The van der Waals surface area contributed by atoms with Gasteiger partial charge in [-0.25, -0.2) is 0 Å². The lowest BCUT2D eigenvalue weighted by molar-refractivity contribution is -0.116. The third-order valence-corrected chi connectivity index (χ3v) is 3.34. The van der Waals surface area contributed by atoms with Gasteiger partial charge in [-0.3, -0.25) is 14.4 Å². The second-order valence-corrected chi connectivity index (χ2v) is 5.46. The van der Waals surface area contributed by atoms with Gasteiger partial charge in [-0.1, -0.05) is 6.08 Å². The molecular weight excluding hydrogens is 254 g/mol. The first-order chi connectivity index (χ1) is 9.56. The van der Waals surface area contributed by atoms with Crippen LogP contribution in [0.4, 0.5) is 0 Å². The van der Waals surface area contributed by atoms with E-state index >= 15 is 0 Å². The van der Waals surface area contributed by atoms with Crippen molar-refractivity contribution in [3.05, 3.63) is 29.6 Å². The van der Waals surface area contributed by atoms with Crippen molar-refractivity contribution in [1.82, 2.24) is 24.9 Å². The van der Waals surface area contributed by atoms with E-state index in [-0.39, 0.29) is 5.91 Å². The number of rotatable bonds is 5. The summed E-state index contributed by atoms with van der Waals surface area (Å²) in [4.78, 5) is 16.0. The molecule has 0 unspecified atom stereocenters. The molecule has 0 aromatic carbocycles. The summed E-state index contributed by atoms with van der Waals surface area (Å²) in [6.45, 7) is 4.13. The topological polar surface area (TPSA) is 53.4 Å². The van der Waals surface area contributed by atoms with Crippen molar-refractivity contribution in [2.45, 2.75) is 19.6 Å². The van der Waals surface area contributed by atoms with Gasteiger partial charge in [0.15, 0.2) is 0 Å². The molecule has 2 heterocycles. The highest BCUT2D eigenvalue weighted by Crippen LogP contribution is 2.14. The molecule has 1 aliphatic rings. The molecule has 1 amide bonds. The molecule has 0 bridgehead atoms. The van der Waals surface area contributed by atoms with Crippen molar-refractivity contribution >= 4 is 5.91 Å². The molecule has 110 valence electrons. The van der Waals surface area contributed by atoms with Crippen LogP contribution in [-0.2, 0) is 24.4 Å². The molecule has 1 aliphatic heterocycles. The van der Waals surface area contributed by atoms with E-state index in [1.807, 2.05) is 35.9 Å². The first-order valence-electron chi connectivity index (χ1n) is 6.87. The molecular formula is C14H23N5O. The highest BCUT2D eigenvalue weighted by Gasteiger charge is 2.17. The maximum atomic E-state index is 11.7. The number of nitrogens with zero attached hydrogens (tertiary/aromatic N) is 4. The molecule has 1 aromatic heterocycles. The first kappa shape index (κ1) is 14.7. The molecule has 2 rings (SSSR count). The van der Waals surface area contributed by atoms with Crippen LogP contribution in [0, 0.1) is 0 Å². The molecule has 0 aliphatic carbocycles. The van der Waals surface area contributed by atoms with Gasteiger partial charge < -0.3 is 10.2 Å². The van der Waals surface area contributed by atoms with Crippen LogP contribution in [0.15, 0.2) is 18.3 Å². The van der Waals surface area contributed by atoms with Gasteiger partial charge in [0.1, 0.15) is 0 Å². The number of carbonyl (C=O) groups excluding carboxylic acids is 1. The summed E-state index contributed by atoms with van der Waals surface area (Å²) in [7, 11) is 6.04. The number of aromatic nitrogens is 2. The summed E-state index contributed by atoms with van der Waals surface area (Å²) in [6.07, 6.45) is 5.30. The zero-order valence-corrected chi connectivity index (χ0v) is 12.5. The molecule has 1 N–H and O–H groups in total. The number of hydrogen-bond donors (Lipinski definition) is 1. The van der Waals surface area contributed by atoms with E-state index in [0.29, 0.717) is 6.54 Å². The Balaban J connectivity index is 1.87. The van der Waals surface area contributed by atoms with Gasteiger partial charge in [0.05, 0.1) is 18.4 Å². The number of nitrogens with one attached hydrogen (secondary N) is 1. The Bertz CT molecular complexity index is 492. The molecule has 0 fully saturated rings. The Kier molecular flexibility index (Phi) is 4.92. The van der Waals surface area contributed by atoms with Gasteiger partial charge in [-0.2, -0.15) is 5.10 Å². The lowest BCUT2D eigenvalue weighted by atomic mass is 10.2. The minimum absolute atomic E-state index is 0.0593. The van der Waals surface area contributed by atoms with E-state index in [9.17, 15) is 4.79 Å². The summed E-state index contributed by atoms with van der Waals surface area (Å²) < 4.78 is 2.03. The summed E-state index contributed by atoms with van der Waals surface area (Å²) in [5, 5.41) is 7.28. The predicted octanol–water partition coefficient (Wildman–Crippen LogP) is 0.0625. The van der Waals surface area contributed by atoms with Gasteiger partial charge in [0, 0.05) is 37.8 Å². The third-order valence-electron chi connectivity index (χ3n) is 3.34. The van der Waals surface area contributed by atoms with Gasteiger partial charge in [0.25, 0.3) is 0 Å². The van der Waals surface area contributed by atoms with Crippen LogP contribution in [0.25, 0.3) is 0 Å². The lowest BCUT2D eigenvalue weighted by Crippen LogP contribution is -2.31. The number of amides is 1. The largest absolute Gasteiger partial charge is 0.348 e. The molecule has 0 spiro atoms. The molecule has 20 heavy (non-hydrogen) atoms. The molecule has 0 saturated carbocycles. The van der Waals surface area contributed by atoms with Gasteiger partial charge in [0.2, 0.25) is 5.91 Å². The molecule has 0 radical (unpaired) electrons. The minimum Gasteiger partial charge on any atom is -0.348 e. The minimum atomic E-state index is -0.0593. The number of hydrogen-bond acceptors (Lipinski definition) is 4. The fraction of sp³-hybridized carbons (Fsp3) is 0.571. The Morgan fingerprint density at radius 2 is 2.30 bits per heavy atom. The van der Waals surface area contributed by atoms with Crippen molar-refractivity contribution in [3.63, 3.8) is 0 Å². The van der Waals surface area contributed by atoms with Crippen LogP contribution in [-0.4, -0.2) is 59.7 Å². The number of likely N-dealkylation sites (N-methyl/N-ethyl adjacent to an activating group) is 2. The molecule has 6 nitrogen and oxygen atoms in total. The fourth-order valence-electron chi connectivity index (χ4n) is 2.18. The SMILES string of the molecule is CN(C)C/C=C/C(=O)NCc1cnn2c1CN(C)CC2. The van der Waals surface area contributed by atoms with Gasteiger partial charge in [-0.15, -0.1) is 0 Å². The third kappa shape index (κ3) is 3.91. The summed E-state index contributed by atoms with van der Waals surface area (Å²) in [5.74, 6) is -0.0593. The van der Waals surface area contributed by atoms with Crippen molar-refractivity contribution in [2.24, 2.45) is 0 Å². The average molecular weight is 277 g/mol. The average Bonchev–Trinajstić information content (AvgIpc) is 2.78. The van der Waals surface area contributed by atoms with Crippen molar-refractivity contribution in [3.8, 4) is 0 Å². The Morgan fingerprint density at radius 1 is 1.50 bits per heavy atom. The maximum Gasteiger partial charge on any atom is 0.243 e. The van der Waals surface area contributed by atoms with E-state index in [1.165, 1.54) is 5.69 Å². The van der Waals surface area contributed by atoms with Crippen LogP contribution < -0.4 is 5.32 Å². The van der Waals surface area contributed by atoms with Crippen LogP contribution in [0.3, 0.4) is 0 Å². The zero-order valence-electron chi connectivity index (χ0n) is 12.5. The first-order valence-corrected chi connectivity index (χ1v) is 6.87. The van der Waals surface area contributed by atoms with Gasteiger partial charge >= 0.3 is 0 Å². The smallest absolute Gasteiger partial charge is 0.243 e. The van der Waals surface area contributed by atoms with Crippen molar-refractivity contribution < 1.29 is 4.79 Å². The quantitative estimate of drug-likeness (QED) is 0.774. The second-order valence-electron chi connectivity index (χ2n) is 5.46. The Morgan fingerprint density at radius 3 is 3.05 bits per heavy atom. The maximum absolute atomic E-state index is 11.7. The van der Waals surface area contributed by atoms with Crippen LogP contribution in [0.5, 0.6) is 0 Å². The highest BCUT2D eigenvalue weighted by molar-refractivity contribution is 5.87. The van der Waals surface area contributed by atoms with Crippen LogP contribution in [0.1, 0.15) is 11.3 Å². The number of fused-ring (bicyclic) bond motifs is 1. The molecule has 0 saturated heterocycles. The normalized spacial score (nSPS) is 15.8. The van der Waals surface area contributed by atoms with Gasteiger partial charge in [-0.05, 0) is 21.1 Å². The Hall–Kier alpha value is -1.66. The van der Waals surface area contributed by atoms with E-state index in [0.717, 1.165) is 31.7 Å². The van der Waals surface area contributed by atoms with E-state index in [1.54, 1.807) is 6.08 Å².